The van der Waals surface area contributed by atoms with Crippen LogP contribution in [0.1, 0.15) is 45.4 Å². The number of amides is 1. The number of hydrogen-bond acceptors (Lipinski definition) is 7. The van der Waals surface area contributed by atoms with Gasteiger partial charge in [0.15, 0.2) is 10.8 Å². The molecule has 0 spiro atoms. The molecule has 0 unspecified atom stereocenters. The zero-order chi connectivity index (χ0) is 19.7. The van der Waals surface area contributed by atoms with Gasteiger partial charge in [-0.1, -0.05) is 0 Å². The van der Waals surface area contributed by atoms with E-state index in [0.29, 0.717) is 5.82 Å². The topological polar surface area (TPSA) is 94.8 Å². The Hall–Kier alpha value is -2.81. The molecule has 0 atom stereocenters. The summed E-state index contributed by atoms with van der Waals surface area (Å²) in [5.41, 5.74) is 0.396. The van der Waals surface area contributed by atoms with Crippen LogP contribution < -0.4 is 5.32 Å². The molecule has 4 rings (SSSR count). The normalized spacial score (nSPS) is 19.1. The first-order valence-electron chi connectivity index (χ1n) is 9.16. The number of carbonyl (C=O) groups excluding carboxylic acids is 1. The van der Waals surface area contributed by atoms with E-state index < -0.39 is 5.60 Å². The van der Waals surface area contributed by atoms with Crippen LogP contribution in [0.2, 0.25) is 0 Å². The number of rotatable bonds is 4. The van der Waals surface area contributed by atoms with Crippen molar-refractivity contribution in [2.75, 3.05) is 0 Å². The van der Waals surface area contributed by atoms with E-state index in [-0.39, 0.29) is 18.1 Å². The molecular weight excluding hydrogens is 376 g/mol. The minimum absolute atomic E-state index is 0.0715. The molecule has 1 aliphatic carbocycles. The van der Waals surface area contributed by atoms with Crippen molar-refractivity contribution in [3.05, 3.63) is 41.9 Å². The highest BCUT2D eigenvalue weighted by atomic mass is 32.1. The molecule has 3 heterocycles. The standard InChI is InChI=1S/C19H22N6O2S/c1-19(2,3)27-18(26)22-13-9-12(10-13)15-23-24-16(17-21-7-8-28-17)25(15)14-5-4-6-20-11-14/h4-8,11-13H,9-10H2,1-3H3,(H,22,26). The van der Waals surface area contributed by atoms with E-state index in [0.717, 1.165) is 29.4 Å². The Morgan fingerprint density at radius 3 is 2.75 bits per heavy atom. The molecule has 1 fully saturated rings. The summed E-state index contributed by atoms with van der Waals surface area (Å²) >= 11 is 1.52. The van der Waals surface area contributed by atoms with E-state index in [2.05, 4.69) is 25.5 Å². The van der Waals surface area contributed by atoms with Gasteiger partial charge < -0.3 is 10.1 Å². The molecule has 0 aliphatic heterocycles. The lowest BCUT2D eigenvalue weighted by atomic mass is 9.79. The molecule has 1 N–H and O–H groups in total. The molecule has 1 aliphatic rings. The fourth-order valence-corrected chi connectivity index (χ4v) is 3.80. The number of carbonyl (C=O) groups is 1. The second kappa shape index (κ2) is 7.31. The maximum atomic E-state index is 12.0. The highest BCUT2D eigenvalue weighted by Gasteiger charge is 2.37. The zero-order valence-corrected chi connectivity index (χ0v) is 16.8. The van der Waals surface area contributed by atoms with Crippen LogP contribution in [0.5, 0.6) is 0 Å². The average Bonchev–Trinajstić information content (AvgIpc) is 3.26. The quantitative estimate of drug-likeness (QED) is 0.722. The van der Waals surface area contributed by atoms with Gasteiger partial charge in [0.05, 0.1) is 11.9 Å². The van der Waals surface area contributed by atoms with E-state index >= 15 is 0 Å². The molecule has 0 radical (unpaired) electrons. The molecule has 28 heavy (non-hydrogen) atoms. The number of nitrogens with one attached hydrogen (secondary N) is 1. The number of nitrogens with zero attached hydrogens (tertiary/aromatic N) is 5. The van der Waals surface area contributed by atoms with Gasteiger partial charge in [0.2, 0.25) is 0 Å². The average molecular weight is 398 g/mol. The second-order valence-electron chi connectivity index (χ2n) is 7.78. The predicted molar refractivity (Wildman–Crippen MR) is 105 cm³/mol. The number of pyridine rings is 1. The SMILES string of the molecule is CC(C)(C)OC(=O)NC1CC(c2nnc(-c3nccs3)n2-c2cccnc2)C1. The maximum Gasteiger partial charge on any atom is 0.407 e. The fraction of sp³-hybridized carbons (Fsp3) is 0.421. The molecule has 9 heteroatoms. The van der Waals surface area contributed by atoms with Gasteiger partial charge in [-0.15, -0.1) is 21.5 Å². The van der Waals surface area contributed by atoms with Crippen molar-refractivity contribution in [3.8, 4) is 16.5 Å². The summed E-state index contributed by atoms with van der Waals surface area (Å²) < 4.78 is 7.35. The van der Waals surface area contributed by atoms with E-state index in [1.165, 1.54) is 11.3 Å². The van der Waals surface area contributed by atoms with E-state index in [4.69, 9.17) is 4.74 Å². The Bertz CT molecular complexity index is 943. The van der Waals surface area contributed by atoms with Gasteiger partial charge in [0.25, 0.3) is 0 Å². The van der Waals surface area contributed by atoms with Crippen LogP contribution in [0, 0.1) is 0 Å². The molecule has 8 nitrogen and oxygen atoms in total. The first-order valence-corrected chi connectivity index (χ1v) is 10.0. The summed E-state index contributed by atoms with van der Waals surface area (Å²) in [4.78, 5) is 20.6. The van der Waals surface area contributed by atoms with Crippen LogP contribution in [-0.2, 0) is 4.74 Å². The van der Waals surface area contributed by atoms with Gasteiger partial charge >= 0.3 is 6.09 Å². The summed E-state index contributed by atoms with van der Waals surface area (Å²) in [5.74, 6) is 1.77. The number of aromatic nitrogens is 5. The number of alkyl carbamates (subject to hydrolysis) is 1. The van der Waals surface area contributed by atoms with Crippen LogP contribution in [0.4, 0.5) is 4.79 Å². The molecular formula is C19H22N6O2S. The first-order chi connectivity index (χ1) is 13.4. The molecule has 0 bridgehead atoms. The van der Waals surface area contributed by atoms with Crippen molar-refractivity contribution in [3.63, 3.8) is 0 Å². The van der Waals surface area contributed by atoms with Gasteiger partial charge in [-0.2, -0.15) is 0 Å². The Kier molecular flexibility index (Phi) is 4.84. The maximum absolute atomic E-state index is 12.0. The van der Waals surface area contributed by atoms with Crippen molar-refractivity contribution >= 4 is 17.4 Å². The Morgan fingerprint density at radius 1 is 1.29 bits per heavy atom. The molecule has 1 amide bonds. The number of ether oxygens (including phenoxy) is 1. The number of thiazole rings is 1. The van der Waals surface area contributed by atoms with Crippen molar-refractivity contribution in [2.45, 2.75) is 51.2 Å². The summed E-state index contributed by atoms with van der Waals surface area (Å²) in [7, 11) is 0. The third-order valence-electron chi connectivity index (χ3n) is 4.44. The third-order valence-corrected chi connectivity index (χ3v) is 5.21. The first kappa shape index (κ1) is 18.5. The van der Waals surface area contributed by atoms with Crippen LogP contribution in [0.3, 0.4) is 0 Å². The minimum Gasteiger partial charge on any atom is -0.444 e. The lowest BCUT2D eigenvalue weighted by Gasteiger charge is -2.35. The molecule has 1 saturated carbocycles. The highest BCUT2D eigenvalue weighted by Crippen LogP contribution is 2.38. The van der Waals surface area contributed by atoms with Crippen LogP contribution in [0.25, 0.3) is 16.5 Å². The molecule has 3 aromatic rings. The largest absolute Gasteiger partial charge is 0.444 e. The van der Waals surface area contributed by atoms with Gasteiger partial charge in [0, 0.05) is 29.7 Å². The summed E-state index contributed by atoms with van der Waals surface area (Å²) in [6.07, 6.45) is 6.48. The zero-order valence-electron chi connectivity index (χ0n) is 16.0. The lowest BCUT2D eigenvalue weighted by molar-refractivity contribution is 0.0469. The van der Waals surface area contributed by atoms with E-state index in [1.807, 2.05) is 42.9 Å². The Balaban J connectivity index is 1.53. The number of hydrogen-bond donors (Lipinski definition) is 1. The van der Waals surface area contributed by atoms with Crippen molar-refractivity contribution < 1.29 is 9.53 Å². The Labute approximate surface area is 167 Å². The summed E-state index contributed by atoms with van der Waals surface area (Å²) in [5, 5.41) is 14.5. The molecule has 0 aromatic carbocycles. The predicted octanol–water partition coefficient (Wildman–Crippen LogP) is 3.56. The van der Waals surface area contributed by atoms with E-state index in [1.54, 1.807) is 18.6 Å². The van der Waals surface area contributed by atoms with Crippen LogP contribution in [0.15, 0.2) is 36.1 Å². The van der Waals surface area contributed by atoms with Crippen molar-refractivity contribution in [1.29, 1.82) is 0 Å². The monoisotopic (exact) mass is 398 g/mol. The van der Waals surface area contributed by atoms with Gasteiger partial charge in [-0.3, -0.25) is 9.55 Å². The summed E-state index contributed by atoms with van der Waals surface area (Å²) in [6, 6.07) is 3.94. The summed E-state index contributed by atoms with van der Waals surface area (Å²) in [6.45, 7) is 5.56. The highest BCUT2D eigenvalue weighted by molar-refractivity contribution is 7.13. The van der Waals surface area contributed by atoms with Crippen molar-refractivity contribution in [2.24, 2.45) is 0 Å². The Morgan fingerprint density at radius 2 is 2.11 bits per heavy atom. The smallest absolute Gasteiger partial charge is 0.407 e. The van der Waals surface area contributed by atoms with Gasteiger partial charge in [0.1, 0.15) is 11.4 Å². The van der Waals surface area contributed by atoms with Crippen LogP contribution >= 0.6 is 11.3 Å². The second-order valence-corrected chi connectivity index (χ2v) is 8.67. The van der Waals surface area contributed by atoms with Gasteiger partial charge in [-0.25, -0.2) is 9.78 Å². The molecule has 3 aromatic heterocycles. The van der Waals surface area contributed by atoms with Crippen molar-refractivity contribution in [1.82, 2.24) is 30.0 Å². The minimum atomic E-state index is -0.504. The van der Waals surface area contributed by atoms with Crippen LogP contribution in [-0.4, -0.2) is 42.5 Å². The molecule has 0 saturated heterocycles. The molecule has 146 valence electrons. The third kappa shape index (κ3) is 3.89. The lowest BCUT2D eigenvalue weighted by Crippen LogP contribution is -2.45. The fourth-order valence-electron chi connectivity index (χ4n) is 3.19. The van der Waals surface area contributed by atoms with Gasteiger partial charge in [-0.05, 0) is 45.7 Å². The van der Waals surface area contributed by atoms with E-state index in [9.17, 15) is 4.79 Å².